The SMILES string of the molecule is CN1C2CCC1CC(OCc1csc3ccccc13)C2. The number of nitrogens with zero attached hydrogens (tertiary/aromatic N) is 1. The number of fused-ring (bicyclic) bond motifs is 3. The van der Waals surface area contributed by atoms with Crippen LogP contribution in [-0.2, 0) is 11.3 Å². The van der Waals surface area contributed by atoms with Crippen molar-refractivity contribution in [3.8, 4) is 0 Å². The van der Waals surface area contributed by atoms with Crippen molar-refractivity contribution < 1.29 is 4.74 Å². The van der Waals surface area contributed by atoms with Crippen molar-refractivity contribution in [2.45, 2.75) is 50.5 Å². The second kappa shape index (κ2) is 5.14. The number of piperidine rings is 1. The van der Waals surface area contributed by atoms with Crippen molar-refractivity contribution in [1.82, 2.24) is 4.90 Å². The van der Waals surface area contributed by atoms with Gasteiger partial charge in [-0.2, -0.15) is 0 Å². The van der Waals surface area contributed by atoms with Gasteiger partial charge >= 0.3 is 0 Å². The summed E-state index contributed by atoms with van der Waals surface area (Å²) in [5.74, 6) is 0. The van der Waals surface area contributed by atoms with E-state index in [4.69, 9.17) is 4.74 Å². The normalized spacial score (nSPS) is 30.1. The molecule has 0 radical (unpaired) electrons. The summed E-state index contributed by atoms with van der Waals surface area (Å²) in [7, 11) is 2.28. The number of rotatable bonds is 3. The zero-order valence-electron chi connectivity index (χ0n) is 11.9. The van der Waals surface area contributed by atoms with Gasteiger partial charge in [-0.25, -0.2) is 0 Å². The lowest BCUT2D eigenvalue weighted by Crippen LogP contribution is -2.42. The second-order valence-electron chi connectivity index (χ2n) is 6.21. The molecule has 20 heavy (non-hydrogen) atoms. The van der Waals surface area contributed by atoms with Gasteiger partial charge < -0.3 is 9.64 Å². The van der Waals surface area contributed by atoms with Gasteiger partial charge in [-0.3, -0.25) is 0 Å². The minimum absolute atomic E-state index is 0.461. The van der Waals surface area contributed by atoms with E-state index in [0.29, 0.717) is 6.10 Å². The van der Waals surface area contributed by atoms with Crippen LogP contribution in [0.15, 0.2) is 29.6 Å². The van der Waals surface area contributed by atoms with Gasteiger partial charge in [0.2, 0.25) is 0 Å². The third-order valence-corrected chi connectivity index (χ3v) is 6.10. The van der Waals surface area contributed by atoms with E-state index in [0.717, 1.165) is 18.7 Å². The zero-order chi connectivity index (χ0) is 13.5. The molecule has 2 aliphatic heterocycles. The first-order valence-electron chi connectivity index (χ1n) is 7.60. The first-order chi connectivity index (χ1) is 9.81. The lowest BCUT2D eigenvalue weighted by atomic mass is 10.0. The van der Waals surface area contributed by atoms with Crippen LogP contribution in [-0.4, -0.2) is 30.1 Å². The van der Waals surface area contributed by atoms with E-state index in [-0.39, 0.29) is 0 Å². The summed E-state index contributed by atoms with van der Waals surface area (Å²) in [6, 6.07) is 10.2. The second-order valence-corrected chi connectivity index (χ2v) is 7.12. The molecule has 2 fully saturated rings. The summed E-state index contributed by atoms with van der Waals surface area (Å²) >= 11 is 1.83. The number of benzene rings is 1. The highest BCUT2D eigenvalue weighted by Crippen LogP contribution is 2.36. The molecule has 0 aliphatic carbocycles. The fourth-order valence-electron chi connectivity index (χ4n) is 3.85. The lowest BCUT2D eigenvalue weighted by Gasteiger charge is -2.36. The van der Waals surface area contributed by atoms with Crippen molar-refractivity contribution >= 4 is 21.4 Å². The molecule has 0 saturated carbocycles. The Bertz CT molecular complexity index is 594. The monoisotopic (exact) mass is 287 g/mol. The third-order valence-electron chi connectivity index (χ3n) is 5.09. The van der Waals surface area contributed by atoms with Crippen LogP contribution in [0.1, 0.15) is 31.2 Å². The van der Waals surface area contributed by atoms with Crippen LogP contribution in [0.3, 0.4) is 0 Å². The molecule has 2 nitrogen and oxygen atoms in total. The molecule has 106 valence electrons. The largest absolute Gasteiger partial charge is 0.373 e. The van der Waals surface area contributed by atoms with E-state index in [1.54, 1.807) is 0 Å². The minimum atomic E-state index is 0.461. The molecule has 0 spiro atoms. The van der Waals surface area contributed by atoms with E-state index in [1.165, 1.54) is 41.3 Å². The van der Waals surface area contributed by atoms with Crippen molar-refractivity contribution in [1.29, 1.82) is 0 Å². The van der Waals surface area contributed by atoms with Gasteiger partial charge in [-0.15, -0.1) is 11.3 Å². The number of ether oxygens (including phenoxy) is 1. The third kappa shape index (κ3) is 2.18. The highest BCUT2D eigenvalue weighted by molar-refractivity contribution is 7.17. The highest BCUT2D eigenvalue weighted by Gasteiger charge is 2.38. The summed E-state index contributed by atoms with van der Waals surface area (Å²) in [6.07, 6.45) is 5.62. The summed E-state index contributed by atoms with van der Waals surface area (Å²) in [4.78, 5) is 2.57. The van der Waals surface area contributed by atoms with Crippen molar-refractivity contribution in [3.05, 3.63) is 35.2 Å². The molecule has 0 N–H and O–H groups in total. The quantitative estimate of drug-likeness (QED) is 0.844. The lowest BCUT2D eigenvalue weighted by molar-refractivity contribution is -0.0206. The van der Waals surface area contributed by atoms with Crippen molar-refractivity contribution in [3.63, 3.8) is 0 Å². The standard InChI is InChI=1S/C17H21NOS/c1-18-13-6-7-14(18)9-15(8-13)19-10-12-11-20-17-5-3-2-4-16(12)17/h2-5,11,13-15H,6-10H2,1H3. The fourth-order valence-corrected chi connectivity index (χ4v) is 4.80. The first kappa shape index (κ1) is 12.8. The Kier molecular flexibility index (Phi) is 3.29. The van der Waals surface area contributed by atoms with E-state index in [9.17, 15) is 0 Å². The average molecular weight is 287 g/mol. The Morgan fingerprint density at radius 2 is 1.95 bits per heavy atom. The Balaban J connectivity index is 1.44. The van der Waals surface area contributed by atoms with Gasteiger partial charge in [0, 0.05) is 16.8 Å². The van der Waals surface area contributed by atoms with Gasteiger partial charge in [0.05, 0.1) is 12.7 Å². The van der Waals surface area contributed by atoms with E-state index < -0.39 is 0 Å². The molecule has 2 unspecified atom stereocenters. The molecular weight excluding hydrogens is 266 g/mol. The van der Waals surface area contributed by atoms with E-state index in [2.05, 4.69) is 41.6 Å². The summed E-state index contributed by atoms with van der Waals surface area (Å²) in [5, 5.41) is 3.63. The van der Waals surface area contributed by atoms with Crippen LogP contribution in [0.25, 0.3) is 10.1 Å². The molecule has 2 atom stereocenters. The van der Waals surface area contributed by atoms with Gasteiger partial charge in [-0.1, -0.05) is 18.2 Å². The Hall–Kier alpha value is -0.900. The van der Waals surface area contributed by atoms with Gasteiger partial charge in [0.15, 0.2) is 0 Å². The molecule has 2 aromatic rings. The molecule has 3 heteroatoms. The van der Waals surface area contributed by atoms with Crippen LogP contribution in [0.4, 0.5) is 0 Å². The Morgan fingerprint density at radius 1 is 1.20 bits per heavy atom. The molecule has 2 bridgehead atoms. The highest BCUT2D eigenvalue weighted by atomic mass is 32.1. The van der Waals surface area contributed by atoms with Crippen LogP contribution in [0, 0.1) is 0 Å². The van der Waals surface area contributed by atoms with Gasteiger partial charge in [0.1, 0.15) is 0 Å². The number of thiophene rings is 1. The summed E-state index contributed by atoms with van der Waals surface area (Å²) in [6.45, 7) is 0.776. The van der Waals surface area contributed by atoms with Crippen molar-refractivity contribution in [2.75, 3.05) is 7.05 Å². The van der Waals surface area contributed by atoms with Crippen LogP contribution in [0.2, 0.25) is 0 Å². The topological polar surface area (TPSA) is 12.5 Å². The van der Waals surface area contributed by atoms with Crippen LogP contribution in [0.5, 0.6) is 0 Å². The van der Waals surface area contributed by atoms with Gasteiger partial charge in [-0.05, 0) is 55.1 Å². The molecule has 2 aliphatic rings. The maximum Gasteiger partial charge on any atom is 0.0734 e. The molecular formula is C17H21NOS. The Morgan fingerprint density at radius 3 is 2.75 bits per heavy atom. The predicted octanol–water partition coefficient (Wildman–Crippen LogP) is 4.04. The molecule has 1 aromatic carbocycles. The smallest absolute Gasteiger partial charge is 0.0734 e. The Labute approximate surface area is 124 Å². The molecule has 4 rings (SSSR count). The molecule has 2 saturated heterocycles. The van der Waals surface area contributed by atoms with E-state index >= 15 is 0 Å². The van der Waals surface area contributed by atoms with Crippen LogP contribution >= 0.6 is 11.3 Å². The fraction of sp³-hybridized carbons (Fsp3) is 0.529. The average Bonchev–Trinajstić information content (AvgIpc) is 2.95. The van der Waals surface area contributed by atoms with Crippen molar-refractivity contribution in [2.24, 2.45) is 0 Å². The first-order valence-corrected chi connectivity index (χ1v) is 8.48. The summed E-state index contributed by atoms with van der Waals surface area (Å²) < 4.78 is 7.61. The molecule has 0 amide bonds. The summed E-state index contributed by atoms with van der Waals surface area (Å²) in [5.41, 5.74) is 1.36. The maximum atomic E-state index is 6.24. The molecule has 1 aromatic heterocycles. The number of hydrogen-bond acceptors (Lipinski definition) is 3. The maximum absolute atomic E-state index is 6.24. The number of hydrogen-bond donors (Lipinski definition) is 0. The van der Waals surface area contributed by atoms with E-state index in [1.807, 2.05) is 11.3 Å². The molecule has 3 heterocycles. The van der Waals surface area contributed by atoms with Gasteiger partial charge in [0.25, 0.3) is 0 Å². The predicted molar refractivity (Wildman–Crippen MR) is 84.2 cm³/mol. The van der Waals surface area contributed by atoms with Crippen LogP contribution < -0.4 is 0 Å². The minimum Gasteiger partial charge on any atom is -0.373 e. The zero-order valence-corrected chi connectivity index (χ0v) is 12.7.